The molecule has 0 radical (unpaired) electrons. The van der Waals surface area contributed by atoms with Crippen molar-refractivity contribution in [2.45, 2.75) is 71.1 Å². The number of rotatable bonds is 10. The van der Waals surface area contributed by atoms with Crippen molar-refractivity contribution >= 4 is 17.5 Å². The Morgan fingerprint density at radius 1 is 0.905 bits per heavy atom. The maximum absolute atomic E-state index is 13.5. The van der Waals surface area contributed by atoms with E-state index in [0.717, 1.165) is 75.2 Å². The number of carbonyl (C=O) groups is 2. The van der Waals surface area contributed by atoms with E-state index in [4.69, 9.17) is 0 Å². The first kappa shape index (κ1) is 30.0. The lowest BCUT2D eigenvalue weighted by Crippen LogP contribution is -2.39. The van der Waals surface area contributed by atoms with Crippen LogP contribution in [0.4, 0.5) is 5.69 Å². The van der Waals surface area contributed by atoms with Gasteiger partial charge in [0, 0.05) is 49.1 Å². The van der Waals surface area contributed by atoms with Crippen LogP contribution in [0.5, 0.6) is 0 Å². The van der Waals surface area contributed by atoms with E-state index in [1.807, 2.05) is 54.1 Å². The van der Waals surface area contributed by atoms with Gasteiger partial charge in [0.25, 0.3) is 5.91 Å². The standard InChI is InChI=1S/C35H47N5O2/c1-4-5-6-7-18-39-19-14-30(15-20-39)34(41)37-33-23-31(9-8-26(33)2)35(42)40-21-16-29(17-22-40)27-10-12-28(13-11-27)32-24-36-38(3)25-32/h8-13,23-25,29-30H,4-7,14-22H2,1-3H3,(H,37,41). The first-order valence-corrected chi connectivity index (χ1v) is 15.9. The Labute approximate surface area is 251 Å². The molecule has 2 aliphatic heterocycles. The van der Waals surface area contributed by atoms with E-state index in [0.29, 0.717) is 11.5 Å². The second-order valence-corrected chi connectivity index (χ2v) is 12.3. The summed E-state index contributed by atoms with van der Waals surface area (Å²) in [6.07, 6.45) is 12.7. The molecular weight excluding hydrogens is 522 g/mol. The van der Waals surface area contributed by atoms with Crippen LogP contribution in [0.1, 0.15) is 85.7 Å². The number of carbonyl (C=O) groups excluding carboxylic acids is 2. The van der Waals surface area contributed by atoms with Crippen molar-refractivity contribution in [3.8, 4) is 11.1 Å². The minimum Gasteiger partial charge on any atom is -0.339 e. The summed E-state index contributed by atoms with van der Waals surface area (Å²) < 4.78 is 1.82. The van der Waals surface area contributed by atoms with E-state index in [1.54, 1.807) is 0 Å². The molecule has 3 aromatic rings. The summed E-state index contributed by atoms with van der Waals surface area (Å²) in [5.41, 5.74) is 6.02. The molecule has 0 spiro atoms. The summed E-state index contributed by atoms with van der Waals surface area (Å²) in [4.78, 5) is 31.1. The average Bonchev–Trinajstić information content (AvgIpc) is 3.46. The van der Waals surface area contributed by atoms with Crippen LogP contribution in [0.15, 0.2) is 54.9 Å². The lowest BCUT2D eigenvalue weighted by Gasteiger charge is -2.32. The predicted octanol–water partition coefficient (Wildman–Crippen LogP) is 6.65. The van der Waals surface area contributed by atoms with Crippen LogP contribution >= 0.6 is 0 Å². The molecule has 1 aromatic heterocycles. The Morgan fingerprint density at radius 3 is 2.31 bits per heavy atom. The predicted molar refractivity (Wildman–Crippen MR) is 170 cm³/mol. The van der Waals surface area contributed by atoms with Gasteiger partial charge in [0.2, 0.25) is 5.91 Å². The SMILES string of the molecule is CCCCCCN1CCC(C(=O)Nc2cc(C(=O)N3CCC(c4ccc(-c5cnn(C)c5)cc4)CC3)ccc2C)CC1. The molecule has 2 fully saturated rings. The van der Waals surface area contributed by atoms with Crippen LogP contribution < -0.4 is 5.32 Å². The third kappa shape index (κ3) is 7.49. The van der Waals surface area contributed by atoms with Gasteiger partial charge >= 0.3 is 0 Å². The molecule has 1 N–H and O–H groups in total. The highest BCUT2D eigenvalue weighted by atomic mass is 16.2. The highest BCUT2D eigenvalue weighted by Gasteiger charge is 2.27. The number of nitrogens with one attached hydrogen (secondary N) is 1. The lowest BCUT2D eigenvalue weighted by atomic mass is 9.88. The maximum Gasteiger partial charge on any atom is 0.253 e. The fraction of sp³-hybridized carbons (Fsp3) is 0.514. The Hall–Kier alpha value is -3.45. The highest BCUT2D eigenvalue weighted by Crippen LogP contribution is 2.31. The fourth-order valence-electron chi connectivity index (χ4n) is 6.42. The summed E-state index contributed by atoms with van der Waals surface area (Å²) in [6, 6.07) is 14.5. The third-order valence-corrected chi connectivity index (χ3v) is 9.23. The molecule has 2 saturated heterocycles. The molecule has 2 amide bonds. The monoisotopic (exact) mass is 569 g/mol. The van der Waals surface area contributed by atoms with Crippen LogP contribution in [-0.2, 0) is 11.8 Å². The van der Waals surface area contributed by atoms with E-state index < -0.39 is 0 Å². The van der Waals surface area contributed by atoms with Crippen LogP contribution in [-0.4, -0.2) is 64.1 Å². The van der Waals surface area contributed by atoms with Crippen molar-refractivity contribution in [1.82, 2.24) is 19.6 Å². The van der Waals surface area contributed by atoms with Gasteiger partial charge in [-0.1, -0.05) is 56.5 Å². The second kappa shape index (κ2) is 14.1. The van der Waals surface area contributed by atoms with Crippen molar-refractivity contribution in [2.24, 2.45) is 13.0 Å². The molecule has 7 nitrogen and oxygen atoms in total. The Kier molecular flexibility index (Phi) is 10.1. The van der Waals surface area contributed by atoms with E-state index >= 15 is 0 Å². The largest absolute Gasteiger partial charge is 0.339 e. The zero-order chi connectivity index (χ0) is 29.5. The first-order valence-electron chi connectivity index (χ1n) is 15.9. The van der Waals surface area contributed by atoms with E-state index in [9.17, 15) is 9.59 Å². The normalized spacial score (nSPS) is 17.0. The van der Waals surface area contributed by atoms with Gasteiger partial charge in [-0.05, 0) is 93.4 Å². The number of aromatic nitrogens is 2. The summed E-state index contributed by atoms with van der Waals surface area (Å²) in [7, 11) is 1.93. The molecule has 0 unspecified atom stereocenters. The number of unbranched alkanes of at least 4 members (excludes halogenated alkanes) is 3. The average molecular weight is 570 g/mol. The van der Waals surface area contributed by atoms with Gasteiger partial charge < -0.3 is 15.1 Å². The second-order valence-electron chi connectivity index (χ2n) is 12.3. The topological polar surface area (TPSA) is 70.5 Å². The Balaban J connectivity index is 1.12. The summed E-state index contributed by atoms with van der Waals surface area (Å²) in [5, 5.41) is 7.44. The molecule has 7 heteroatoms. The van der Waals surface area contributed by atoms with Crippen molar-refractivity contribution in [3.05, 3.63) is 71.5 Å². The van der Waals surface area contributed by atoms with Gasteiger partial charge in [-0.3, -0.25) is 14.3 Å². The molecule has 3 heterocycles. The molecule has 2 aliphatic rings. The summed E-state index contributed by atoms with van der Waals surface area (Å²) in [6.45, 7) is 8.84. The van der Waals surface area contributed by atoms with Crippen LogP contribution in [0.2, 0.25) is 0 Å². The zero-order valence-corrected chi connectivity index (χ0v) is 25.6. The van der Waals surface area contributed by atoms with Crippen LogP contribution in [0.3, 0.4) is 0 Å². The quantitative estimate of drug-likeness (QED) is 0.278. The molecular formula is C35H47N5O2. The molecule has 224 valence electrons. The molecule has 42 heavy (non-hydrogen) atoms. The minimum absolute atomic E-state index is 0.0353. The minimum atomic E-state index is 0.0353. The number of hydrogen-bond donors (Lipinski definition) is 1. The number of aryl methyl sites for hydroxylation is 2. The molecule has 5 rings (SSSR count). The summed E-state index contributed by atoms with van der Waals surface area (Å²) >= 11 is 0. The van der Waals surface area contributed by atoms with Gasteiger partial charge in [-0.2, -0.15) is 5.10 Å². The van der Waals surface area contributed by atoms with E-state index in [2.05, 4.69) is 46.5 Å². The fourth-order valence-corrected chi connectivity index (χ4v) is 6.42. The highest BCUT2D eigenvalue weighted by molar-refractivity contribution is 5.98. The third-order valence-electron chi connectivity index (χ3n) is 9.23. The summed E-state index contributed by atoms with van der Waals surface area (Å²) in [5.74, 6) is 0.622. The first-order chi connectivity index (χ1) is 20.4. The van der Waals surface area contributed by atoms with Gasteiger partial charge in [-0.25, -0.2) is 0 Å². The Bertz CT molecular complexity index is 1330. The van der Waals surface area contributed by atoms with Gasteiger partial charge in [0.05, 0.1) is 6.20 Å². The molecule has 0 atom stereocenters. The number of nitrogens with zero attached hydrogens (tertiary/aromatic N) is 4. The Morgan fingerprint density at radius 2 is 1.64 bits per heavy atom. The molecule has 2 aromatic carbocycles. The van der Waals surface area contributed by atoms with E-state index in [-0.39, 0.29) is 17.7 Å². The number of piperidine rings is 2. The number of amides is 2. The lowest BCUT2D eigenvalue weighted by molar-refractivity contribution is -0.121. The van der Waals surface area contributed by atoms with E-state index in [1.165, 1.54) is 36.8 Å². The smallest absolute Gasteiger partial charge is 0.253 e. The maximum atomic E-state index is 13.5. The van der Waals surface area contributed by atoms with Crippen molar-refractivity contribution in [3.63, 3.8) is 0 Å². The van der Waals surface area contributed by atoms with Crippen molar-refractivity contribution < 1.29 is 9.59 Å². The van der Waals surface area contributed by atoms with Crippen LogP contribution in [0.25, 0.3) is 11.1 Å². The van der Waals surface area contributed by atoms with Gasteiger partial charge in [0.15, 0.2) is 0 Å². The number of anilines is 1. The van der Waals surface area contributed by atoms with Crippen molar-refractivity contribution in [2.75, 3.05) is 38.0 Å². The zero-order valence-electron chi connectivity index (χ0n) is 25.6. The molecule has 0 aliphatic carbocycles. The molecule has 0 saturated carbocycles. The number of likely N-dealkylation sites (tertiary alicyclic amines) is 2. The van der Waals surface area contributed by atoms with Crippen molar-refractivity contribution in [1.29, 1.82) is 0 Å². The van der Waals surface area contributed by atoms with Gasteiger partial charge in [0.1, 0.15) is 0 Å². The molecule has 0 bridgehead atoms. The van der Waals surface area contributed by atoms with Crippen LogP contribution in [0, 0.1) is 12.8 Å². The number of hydrogen-bond acceptors (Lipinski definition) is 4. The number of benzene rings is 2. The van der Waals surface area contributed by atoms with Gasteiger partial charge in [-0.15, -0.1) is 0 Å².